The van der Waals surface area contributed by atoms with E-state index in [1.54, 1.807) is 17.5 Å². The number of likely N-dealkylation sites (tertiary alicyclic amines) is 1. The first-order valence-electron chi connectivity index (χ1n) is 6.27. The number of nitrogens with zero attached hydrogens (tertiary/aromatic N) is 2. The van der Waals surface area contributed by atoms with E-state index in [2.05, 4.69) is 4.98 Å². The third kappa shape index (κ3) is 2.55. The number of carbonyl (C=O) groups is 2. The zero-order valence-corrected chi connectivity index (χ0v) is 11.6. The average molecular weight is 308 g/mol. The van der Waals surface area contributed by atoms with Crippen LogP contribution in [0.3, 0.4) is 0 Å². The Balaban J connectivity index is 1.83. The van der Waals surface area contributed by atoms with Crippen molar-refractivity contribution < 1.29 is 24.2 Å². The highest BCUT2D eigenvalue weighted by molar-refractivity contribution is 7.13. The Hall–Kier alpha value is -2.19. The van der Waals surface area contributed by atoms with Crippen LogP contribution in [0.15, 0.2) is 28.2 Å². The zero-order chi connectivity index (χ0) is 15.0. The Morgan fingerprint density at radius 1 is 1.48 bits per heavy atom. The summed E-state index contributed by atoms with van der Waals surface area (Å²) in [6, 6.07) is 2.43. The SMILES string of the molecule is O=C(O)C1CC(O)CN1C(=O)c1csc(-c2ccco2)n1. The van der Waals surface area contributed by atoms with Crippen LogP contribution in [-0.4, -0.2) is 50.7 Å². The molecule has 2 atom stereocenters. The second-order valence-corrected chi connectivity index (χ2v) is 5.57. The van der Waals surface area contributed by atoms with Crippen LogP contribution in [0, 0.1) is 0 Å². The molecule has 1 amide bonds. The van der Waals surface area contributed by atoms with Gasteiger partial charge in [0.1, 0.15) is 11.7 Å². The molecule has 2 aromatic rings. The van der Waals surface area contributed by atoms with Crippen molar-refractivity contribution in [1.82, 2.24) is 9.88 Å². The number of furan rings is 1. The van der Waals surface area contributed by atoms with Gasteiger partial charge in [-0.25, -0.2) is 9.78 Å². The molecular weight excluding hydrogens is 296 g/mol. The highest BCUT2D eigenvalue weighted by Gasteiger charge is 2.39. The standard InChI is InChI=1S/C13H12N2O5S/c16-7-4-9(13(18)19)15(5-7)12(17)8-6-21-11(14-8)10-2-1-3-20-10/h1-3,6-7,9,16H,4-5H2,(H,18,19). The lowest BCUT2D eigenvalue weighted by Crippen LogP contribution is -2.40. The summed E-state index contributed by atoms with van der Waals surface area (Å²) < 4.78 is 5.20. The van der Waals surface area contributed by atoms with Crippen LogP contribution in [-0.2, 0) is 4.79 Å². The van der Waals surface area contributed by atoms with Gasteiger partial charge in [0.15, 0.2) is 10.8 Å². The topological polar surface area (TPSA) is 104 Å². The number of thiazole rings is 1. The van der Waals surface area contributed by atoms with E-state index in [4.69, 9.17) is 9.52 Å². The second kappa shape index (κ2) is 5.30. The van der Waals surface area contributed by atoms with Crippen molar-refractivity contribution in [2.24, 2.45) is 0 Å². The minimum absolute atomic E-state index is 0.00338. The van der Waals surface area contributed by atoms with Gasteiger partial charge in [-0.05, 0) is 12.1 Å². The van der Waals surface area contributed by atoms with Gasteiger partial charge in [-0.3, -0.25) is 4.79 Å². The van der Waals surface area contributed by atoms with Crippen molar-refractivity contribution in [3.05, 3.63) is 29.5 Å². The molecule has 0 saturated carbocycles. The summed E-state index contributed by atoms with van der Waals surface area (Å²) in [4.78, 5) is 28.8. The molecule has 0 aromatic carbocycles. The summed E-state index contributed by atoms with van der Waals surface area (Å²) >= 11 is 1.24. The maximum atomic E-state index is 12.4. The van der Waals surface area contributed by atoms with Crippen LogP contribution in [0.4, 0.5) is 0 Å². The monoisotopic (exact) mass is 308 g/mol. The molecule has 2 unspecified atom stereocenters. The highest BCUT2D eigenvalue weighted by Crippen LogP contribution is 2.26. The summed E-state index contributed by atoms with van der Waals surface area (Å²) in [6.07, 6.45) is 0.726. The fraction of sp³-hybridized carbons (Fsp3) is 0.308. The first-order chi connectivity index (χ1) is 10.1. The molecule has 7 nitrogen and oxygen atoms in total. The lowest BCUT2D eigenvalue weighted by Gasteiger charge is -2.19. The molecule has 0 spiro atoms. The lowest BCUT2D eigenvalue weighted by atomic mass is 10.2. The van der Waals surface area contributed by atoms with E-state index in [1.807, 2.05) is 0 Å². The fourth-order valence-electron chi connectivity index (χ4n) is 2.30. The highest BCUT2D eigenvalue weighted by atomic mass is 32.1. The van der Waals surface area contributed by atoms with E-state index in [0.717, 1.165) is 4.90 Å². The minimum Gasteiger partial charge on any atom is -0.480 e. The van der Waals surface area contributed by atoms with Crippen molar-refractivity contribution in [3.8, 4) is 10.8 Å². The van der Waals surface area contributed by atoms with E-state index in [-0.39, 0.29) is 18.7 Å². The molecule has 2 aromatic heterocycles. The molecule has 1 fully saturated rings. The maximum Gasteiger partial charge on any atom is 0.326 e. The third-order valence-electron chi connectivity index (χ3n) is 3.28. The zero-order valence-electron chi connectivity index (χ0n) is 10.8. The average Bonchev–Trinajstić information content (AvgIpc) is 3.17. The van der Waals surface area contributed by atoms with Crippen LogP contribution >= 0.6 is 11.3 Å². The number of carboxylic acid groups (broad SMARTS) is 1. The van der Waals surface area contributed by atoms with Gasteiger partial charge in [-0.2, -0.15) is 0 Å². The summed E-state index contributed by atoms with van der Waals surface area (Å²) in [5.74, 6) is -1.07. The molecule has 0 aliphatic carbocycles. The normalized spacial score (nSPS) is 21.7. The van der Waals surface area contributed by atoms with Crippen molar-refractivity contribution in [3.63, 3.8) is 0 Å². The number of aromatic nitrogens is 1. The van der Waals surface area contributed by atoms with Crippen molar-refractivity contribution in [2.75, 3.05) is 6.54 Å². The van der Waals surface area contributed by atoms with Gasteiger partial charge < -0.3 is 19.5 Å². The van der Waals surface area contributed by atoms with Gasteiger partial charge in [0.2, 0.25) is 0 Å². The smallest absolute Gasteiger partial charge is 0.326 e. The molecule has 8 heteroatoms. The molecule has 21 heavy (non-hydrogen) atoms. The van der Waals surface area contributed by atoms with Crippen molar-refractivity contribution >= 4 is 23.2 Å². The first-order valence-corrected chi connectivity index (χ1v) is 7.15. The number of amides is 1. The molecule has 2 N–H and O–H groups in total. The Bertz CT molecular complexity index is 666. The summed E-state index contributed by atoms with van der Waals surface area (Å²) in [7, 11) is 0. The van der Waals surface area contributed by atoms with Crippen LogP contribution < -0.4 is 0 Å². The van der Waals surface area contributed by atoms with E-state index in [0.29, 0.717) is 10.8 Å². The van der Waals surface area contributed by atoms with E-state index < -0.39 is 24.0 Å². The Labute approximate surface area is 123 Å². The summed E-state index contributed by atoms with van der Waals surface area (Å²) in [5, 5.41) is 20.8. The number of aliphatic carboxylic acids is 1. The maximum absolute atomic E-state index is 12.4. The molecule has 110 valence electrons. The van der Waals surface area contributed by atoms with Crippen LogP contribution in [0.5, 0.6) is 0 Å². The quantitative estimate of drug-likeness (QED) is 0.878. The van der Waals surface area contributed by atoms with E-state index >= 15 is 0 Å². The fourth-order valence-corrected chi connectivity index (χ4v) is 3.07. The van der Waals surface area contributed by atoms with Gasteiger partial charge in [0.25, 0.3) is 5.91 Å². The molecule has 1 saturated heterocycles. The second-order valence-electron chi connectivity index (χ2n) is 4.72. The predicted octanol–water partition coefficient (Wildman–Crippen LogP) is 1.06. The number of rotatable bonds is 3. The molecule has 3 rings (SSSR count). The van der Waals surface area contributed by atoms with Crippen molar-refractivity contribution in [1.29, 1.82) is 0 Å². The number of aliphatic hydroxyl groups is 1. The molecule has 3 heterocycles. The molecular formula is C13H12N2O5S. The largest absolute Gasteiger partial charge is 0.480 e. The number of carbonyl (C=O) groups excluding carboxylic acids is 1. The number of aliphatic hydroxyl groups excluding tert-OH is 1. The van der Waals surface area contributed by atoms with E-state index in [1.165, 1.54) is 17.6 Å². The lowest BCUT2D eigenvalue weighted by molar-refractivity contribution is -0.141. The molecule has 0 bridgehead atoms. The van der Waals surface area contributed by atoms with Crippen LogP contribution in [0.25, 0.3) is 10.8 Å². The Morgan fingerprint density at radius 2 is 2.29 bits per heavy atom. The minimum atomic E-state index is -1.12. The Morgan fingerprint density at radius 3 is 2.95 bits per heavy atom. The Kier molecular flexibility index (Phi) is 3.48. The summed E-state index contributed by atoms with van der Waals surface area (Å²) in [6.45, 7) is 0.00338. The molecule has 0 radical (unpaired) electrons. The number of hydrogen-bond donors (Lipinski definition) is 2. The summed E-state index contributed by atoms with van der Waals surface area (Å²) in [5.41, 5.74) is 0.159. The predicted molar refractivity (Wildman–Crippen MR) is 72.9 cm³/mol. The van der Waals surface area contributed by atoms with Crippen LogP contribution in [0.1, 0.15) is 16.9 Å². The van der Waals surface area contributed by atoms with Crippen molar-refractivity contribution in [2.45, 2.75) is 18.6 Å². The molecule has 1 aliphatic rings. The van der Waals surface area contributed by atoms with Gasteiger partial charge in [-0.15, -0.1) is 11.3 Å². The third-order valence-corrected chi connectivity index (χ3v) is 4.14. The first kappa shape index (κ1) is 13.8. The molecule has 1 aliphatic heterocycles. The number of hydrogen-bond acceptors (Lipinski definition) is 6. The number of β-amino-alcohol motifs (C(OH)–C–C–N with tert-alkyl or cyclic N) is 1. The van der Waals surface area contributed by atoms with Gasteiger partial charge in [0.05, 0.1) is 12.4 Å². The van der Waals surface area contributed by atoms with E-state index in [9.17, 15) is 14.7 Å². The van der Waals surface area contributed by atoms with Gasteiger partial charge in [-0.1, -0.05) is 0 Å². The van der Waals surface area contributed by atoms with Gasteiger partial charge in [0, 0.05) is 18.3 Å². The van der Waals surface area contributed by atoms with Crippen LogP contribution in [0.2, 0.25) is 0 Å². The number of carboxylic acids is 1. The van der Waals surface area contributed by atoms with Gasteiger partial charge >= 0.3 is 5.97 Å².